The van der Waals surface area contributed by atoms with Gasteiger partial charge in [0.25, 0.3) is 0 Å². The molecule has 4 rings (SSSR count). The SMILES string of the molecule is C#CC1(O)CC[C@H]2[C@@H]3C(=O)C=C4CC(O)CC[C@]4(C)[C@@H]3CC[C@@]21C. The van der Waals surface area contributed by atoms with Gasteiger partial charge in [-0.2, -0.15) is 0 Å². The summed E-state index contributed by atoms with van der Waals surface area (Å²) in [6.07, 6.45) is 12.9. The first-order valence-corrected chi connectivity index (χ1v) is 9.38. The molecule has 0 spiro atoms. The molecular formula is C21H28O3. The molecule has 2 unspecified atom stereocenters. The van der Waals surface area contributed by atoms with Crippen LogP contribution in [-0.2, 0) is 4.79 Å². The van der Waals surface area contributed by atoms with Crippen molar-refractivity contribution < 1.29 is 15.0 Å². The second-order valence-electron chi connectivity index (χ2n) is 9.12. The normalized spacial score (nSPS) is 53.5. The Hall–Kier alpha value is -1.11. The Bertz CT molecular complexity index is 658. The number of aliphatic hydroxyl groups excluding tert-OH is 1. The summed E-state index contributed by atoms with van der Waals surface area (Å²) in [6.45, 7) is 4.39. The number of allylic oxidation sites excluding steroid dienone is 1. The van der Waals surface area contributed by atoms with Crippen LogP contribution in [0.15, 0.2) is 11.6 Å². The van der Waals surface area contributed by atoms with E-state index in [0.717, 1.165) is 37.7 Å². The van der Waals surface area contributed by atoms with E-state index >= 15 is 0 Å². The van der Waals surface area contributed by atoms with E-state index in [1.807, 2.05) is 6.08 Å². The van der Waals surface area contributed by atoms with Crippen LogP contribution in [0.2, 0.25) is 0 Å². The van der Waals surface area contributed by atoms with Crippen molar-refractivity contribution >= 4 is 5.78 Å². The van der Waals surface area contributed by atoms with E-state index < -0.39 is 5.60 Å². The van der Waals surface area contributed by atoms with Gasteiger partial charge in [-0.1, -0.05) is 25.3 Å². The number of terminal acetylenes is 1. The van der Waals surface area contributed by atoms with Crippen LogP contribution in [0.5, 0.6) is 0 Å². The molecular weight excluding hydrogens is 300 g/mol. The van der Waals surface area contributed by atoms with E-state index in [1.54, 1.807) is 0 Å². The minimum absolute atomic E-state index is 0.0184. The fourth-order valence-corrected chi connectivity index (χ4v) is 6.64. The molecule has 0 radical (unpaired) electrons. The van der Waals surface area contributed by atoms with E-state index in [2.05, 4.69) is 19.8 Å². The summed E-state index contributed by atoms with van der Waals surface area (Å²) < 4.78 is 0. The van der Waals surface area contributed by atoms with E-state index in [0.29, 0.717) is 18.8 Å². The molecule has 0 saturated heterocycles. The molecule has 0 aromatic rings. The number of aliphatic hydroxyl groups is 2. The summed E-state index contributed by atoms with van der Waals surface area (Å²) in [6, 6.07) is 0. The topological polar surface area (TPSA) is 57.5 Å². The lowest BCUT2D eigenvalue weighted by molar-refractivity contribution is -0.140. The zero-order valence-corrected chi connectivity index (χ0v) is 14.7. The second-order valence-corrected chi connectivity index (χ2v) is 9.12. The third-order valence-electron chi connectivity index (χ3n) is 8.31. The maximum atomic E-state index is 13.0. The number of fused-ring (bicyclic) bond motifs is 5. The Morgan fingerprint density at radius 2 is 1.88 bits per heavy atom. The quantitative estimate of drug-likeness (QED) is 0.672. The first kappa shape index (κ1) is 16.4. The molecule has 0 aromatic heterocycles. The van der Waals surface area contributed by atoms with E-state index in [9.17, 15) is 15.0 Å². The molecule has 24 heavy (non-hydrogen) atoms. The molecule has 3 nitrogen and oxygen atoms in total. The van der Waals surface area contributed by atoms with Crippen molar-refractivity contribution in [3.05, 3.63) is 11.6 Å². The lowest BCUT2D eigenvalue weighted by Gasteiger charge is -2.57. The second kappa shape index (κ2) is 4.96. The number of carbonyl (C=O) groups is 1. The maximum Gasteiger partial charge on any atom is 0.159 e. The number of hydrogen-bond donors (Lipinski definition) is 2. The molecule has 3 fully saturated rings. The summed E-state index contributed by atoms with van der Waals surface area (Å²) in [4.78, 5) is 13.0. The lowest BCUT2D eigenvalue weighted by Crippen LogP contribution is -2.56. The monoisotopic (exact) mass is 328 g/mol. The highest BCUT2D eigenvalue weighted by atomic mass is 16.3. The van der Waals surface area contributed by atoms with Gasteiger partial charge in [-0.3, -0.25) is 4.79 Å². The van der Waals surface area contributed by atoms with Crippen LogP contribution in [0.25, 0.3) is 0 Å². The number of hydrogen-bond acceptors (Lipinski definition) is 3. The molecule has 0 heterocycles. The Morgan fingerprint density at radius 1 is 1.17 bits per heavy atom. The molecule has 0 amide bonds. The molecule has 0 aromatic carbocycles. The van der Waals surface area contributed by atoms with Crippen molar-refractivity contribution in [3.63, 3.8) is 0 Å². The summed E-state index contributed by atoms with van der Waals surface area (Å²) in [7, 11) is 0. The third kappa shape index (κ3) is 1.85. The van der Waals surface area contributed by atoms with Gasteiger partial charge < -0.3 is 10.2 Å². The first-order valence-electron chi connectivity index (χ1n) is 9.38. The van der Waals surface area contributed by atoms with Crippen molar-refractivity contribution in [1.29, 1.82) is 0 Å². The van der Waals surface area contributed by atoms with Gasteiger partial charge in [-0.15, -0.1) is 6.42 Å². The van der Waals surface area contributed by atoms with Gasteiger partial charge in [0.05, 0.1) is 6.10 Å². The Labute approximate surface area is 144 Å². The highest BCUT2D eigenvalue weighted by Crippen LogP contribution is 2.66. The highest BCUT2D eigenvalue weighted by molar-refractivity contribution is 5.94. The van der Waals surface area contributed by atoms with E-state index in [-0.39, 0.29) is 34.6 Å². The standard InChI is InChI=1S/C21H28O3/c1-4-21(24)10-7-16-18-15(6-9-20(16,21)3)19(2)8-5-14(22)11-13(19)12-17(18)23/h1,12,14-16,18,22,24H,5-11H2,2-3H3/t14?,15-,16+,18-,19+,20+,21?/m1/s1. The van der Waals surface area contributed by atoms with Crippen molar-refractivity contribution in [2.45, 2.75) is 70.5 Å². The first-order chi connectivity index (χ1) is 11.2. The van der Waals surface area contributed by atoms with Gasteiger partial charge in [-0.05, 0) is 68.3 Å². The zero-order chi connectivity index (χ0) is 17.3. The summed E-state index contributed by atoms with van der Waals surface area (Å²) in [5.74, 6) is 3.35. The van der Waals surface area contributed by atoms with Crippen LogP contribution in [-0.4, -0.2) is 27.7 Å². The Kier molecular flexibility index (Phi) is 3.38. The van der Waals surface area contributed by atoms with Gasteiger partial charge in [0.2, 0.25) is 0 Å². The lowest BCUT2D eigenvalue weighted by atomic mass is 9.46. The van der Waals surface area contributed by atoms with Crippen molar-refractivity contribution in [1.82, 2.24) is 0 Å². The average molecular weight is 328 g/mol. The van der Waals surface area contributed by atoms with Crippen molar-refractivity contribution in [2.75, 3.05) is 0 Å². The molecule has 2 N–H and O–H groups in total. The maximum absolute atomic E-state index is 13.0. The van der Waals surface area contributed by atoms with Gasteiger partial charge >= 0.3 is 0 Å². The van der Waals surface area contributed by atoms with Crippen LogP contribution >= 0.6 is 0 Å². The molecule has 0 bridgehead atoms. The summed E-state index contributed by atoms with van der Waals surface area (Å²) >= 11 is 0. The van der Waals surface area contributed by atoms with E-state index in [4.69, 9.17) is 6.42 Å². The van der Waals surface area contributed by atoms with Crippen LogP contribution in [0.3, 0.4) is 0 Å². The van der Waals surface area contributed by atoms with Crippen molar-refractivity contribution in [2.24, 2.45) is 28.6 Å². The van der Waals surface area contributed by atoms with Crippen LogP contribution in [0.4, 0.5) is 0 Å². The van der Waals surface area contributed by atoms with Crippen LogP contribution in [0, 0.1) is 40.9 Å². The number of ketones is 1. The summed E-state index contributed by atoms with van der Waals surface area (Å²) in [5.41, 5.74) is -0.248. The fourth-order valence-electron chi connectivity index (χ4n) is 6.64. The molecule has 7 atom stereocenters. The molecule has 0 aliphatic heterocycles. The highest BCUT2D eigenvalue weighted by Gasteiger charge is 2.65. The number of rotatable bonds is 0. The van der Waals surface area contributed by atoms with Gasteiger partial charge in [0.1, 0.15) is 5.60 Å². The van der Waals surface area contributed by atoms with Gasteiger partial charge in [0.15, 0.2) is 5.78 Å². The van der Waals surface area contributed by atoms with Gasteiger partial charge in [0, 0.05) is 11.3 Å². The minimum atomic E-state index is -1.07. The zero-order valence-electron chi connectivity index (χ0n) is 14.7. The molecule has 4 aliphatic rings. The Morgan fingerprint density at radius 3 is 2.58 bits per heavy atom. The molecule has 130 valence electrons. The Balaban J connectivity index is 1.76. The fraction of sp³-hybridized carbons (Fsp3) is 0.762. The van der Waals surface area contributed by atoms with Gasteiger partial charge in [-0.25, -0.2) is 0 Å². The molecule has 4 aliphatic carbocycles. The largest absolute Gasteiger partial charge is 0.393 e. The molecule has 3 saturated carbocycles. The third-order valence-corrected chi connectivity index (χ3v) is 8.31. The molecule has 3 heteroatoms. The minimum Gasteiger partial charge on any atom is -0.393 e. The summed E-state index contributed by atoms with van der Waals surface area (Å²) in [5, 5.41) is 21.0. The van der Waals surface area contributed by atoms with Crippen LogP contribution < -0.4 is 0 Å². The van der Waals surface area contributed by atoms with Crippen LogP contribution in [0.1, 0.15) is 58.8 Å². The predicted octanol–water partition coefficient (Wildman–Crippen LogP) is 2.85. The predicted molar refractivity (Wildman–Crippen MR) is 91.9 cm³/mol. The average Bonchev–Trinajstić information content (AvgIpc) is 2.82. The van der Waals surface area contributed by atoms with Crippen molar-refractivity contribution in [3.8, 4) is 12.3 Å². The number of carbonyl (C=O) groups excluding carboxylic acids is 1. The smallest absolute Gasteiger partial charge is 0.159 e. The van der Waals surface area contributed by atoms with E-state index in [1.165, 1.54) is 0 Å².